The number of hydrogen-bond donors (Lipinski definition) is 0. The molecule has 0 saturated carbocycles. The predicted octanol–water partition coefficient (Wildman–Crippen LogP) is 1.68. The van der Waals surface area contributed by atoms with Gasteiger partial charge in [-0.15, -0.1) is 10.2 Å². The van der Waals surface area contributed by atoms with Crippen LogP contribution in [0.25, 0.3) is 0 Å². The van der Waals surface area contributed by atoms with Crippen LogP contribution in [0, 0.1) is 6.92 Å². The van der Waals surface area contributed by atoms with Gasteiger partial charge in [0.05, 0.1) is 18.5 Å². The minimum Gasteiger partial charge on any atom is -0.378 e. The Balaban J connectivity index is 1.77. The van der Waals surface area contributed by atoms with Gasteiger partial charge in [0, 0.05) is 19.6 Å². The van der Waals surface area contributed by atoms with Gasteiger partial charge in [0.25, 0.3) is 0 Å². The van der Waals surface area contributed by atoms with E-state index in [0.717, 1.165) is 44.0 Å². The smallest absolute Gasteiger partial charge is 0.239 e. The van der Waals surface area contributed by atoms with E-state index >= 15 is 0 Å². The Bertz CT molecular complexity index is 622. The molecule has 1 aliphatic rings. The predicted molar refractivity (Wildman–Crippen MR) is 82.0 cm³/mol. The zero-order valence-electron chi connectivity index (χ0n) is 13.0. The zero-order chi connectivity index (χ0) is 15.5. The van der Waals surface area contributed by atoms with Crippen molar-refractivity contribution in [2.45, 2.75) is 37.7 Å². The van der Waals surface area contributed by atoms with E-state index in [0.29, 0.717) is 11.7 Å². The van der Waals surface area contributed by atoms with Gasteiger partial charge in [0.15, 0.2) is 11.0 Å². The van der Waals surface area contributed by atoms with E-state index in [1.165, 1.54) is 0 Å². The van der Waals surface area contributed by atoms with E-state index < -0.39 is 0 Å². The van der Waals surface area contributed by atoms with Gasteiger partial charge < -0.3 is 14.2 Å². The molecule has 0 radical (unpaired) electrons. The van der Waals surface area contributed by atoms with Gasteiger partial charge in [-0.05, 0) is 20.8 Å². The van der Waals surface area contributed by atoms with Crippen LogP contribution in [-0.4, -0.2) is 51.2 Å². The molecule has 0 spiro atoms. The van der Waals surface area contributed by atoms with Crippen molar-refractivity contribution in [2.75, 3.05) is 31.2 Å². The SMILES string of the molecule is CCn1c(SC(C)c2nc(C)no2)nnc1N1CCOCC1. The topological polar surface area (TPSA) is 82.1 Å². The lowest BCUT2D eigenvalue weighted by molar-refractivity contribution is 0.121. The Morgan fingerprint density at radius 1 is 1.27 bits per heavy atom. The van der Waals surface area contributed by atoms with Crippen molar-refractivity contribution in [1.29, 1.82) is 0 Å². The lowest BCUT2D eigenvalue weighted by Crippen LogP contribution is -2.38. The molecular weight excluding hydrogens is 304 g/mol. The van der Waals surface area contributed by atoms with Crippen molar-refractivity contribution in [3.63, 3.8) is 0 Å². The molecule has 0 amide bonds. The standard InChI is InChI=1S/C13H20N6O2S/c1-4-19-12(18-5-7-20-8-6-18)15-16-13(19)22-9(2)11-14-10(3)17-21-11/h9H,4-8H2,1-3H3. The van der Waals surface area contributed by atoms with Gasteiger partial charge in [-0.3, -0.25) is 4.57 Å². The Hall–Kier alpha value is -1.61. The van der Waals surface area contributed by atoms with E-state index in [2.05, 4.69) is 36.7 Å². The number of anilines is 1. The highest BCUT2D eigenvalue weighted by Crippen LogP contribution is 2.34. The summed E-state index contributed by atoms with van der Waals surface area (Å²) in [7, 11) is 0. The fraction of sp³-hybridized carbons (Fsp3) is 0.692. The molecule has 2 aromatic rings. The summed E-state index contributed by atoms with van der Waals surface area (Å²) in [5, 5.41) is 13.4. The first-order valence-corrected chi connectivity index (χ1v) is 8.29. The summed E-state index contributed by atoms with van der Waals surface area (Å²) >= 11 is 1.58. The molecule has 0 bridgehead atoms. The number of aryl methyl sites for hydroxylation is 1. The third kappa shape index (κ3) is 3.09. The fourth-order valence-electron chi connectivity index (χ4n) is 2.33. The van der Waals surface area contributed by atoms with E-state index in [-0.39, 0.29) is 5.25 Å². The minimum absolute atomic E-state index is 0.0354. The molecule has 9 heteroatoms. The van der Waals surface area contributed by atoms with Gasteiger partial charge in [-0.1, -0.05) is 16.9 Å². The molecule has 0 N–H and O–H groups in total. The van der Waals surface area contributed by atoms with Gasteiger partial charge >= 0.3 is 0 Å². The Morgan fingerprint density at radius 3 is 2.68 bits per heavy atom. The first kappa shape index (κ1) is 15.3. The summed E-state index contributed by atoms with van der Waals surface area (Å²) in [6, 6.07) is 0. The molecule has 8 nitrogen and oxygen atoms in total. The molecule has 22 heavy (non-hydrogen) atoms. The van der Waals surface area contributed by atoms with E-state index in [1.54, 1.807) is 11.8 Å². The maximum Gasteiger partial charge on any atom is 0.239 e. The molecule has 1 atom stereocenters. The maximum atomic E-state index is 5.39. The molecule has 2 aromatic heterocycles. The van der Waals surface area contributed by atoms with E-state index in [1.807, 2.05) is 13.8 Å². The first-order chi connectivity index (χ1) is 10.7. The number of rotatable bonds is 5. The van der Waals surface area contributed by atoms with Crippen molar-refractivity contribution in [3.8, 4) is 0 Å². The van der Waals surface area contributed by atoms with Crippen molar-refractivity contribution < 1.29 is 9.26 Å². The largest absolute Gasteiger partial charge is 0.378 e. The average molecular weight is 324 g/mol. The van der Waals surface area contributed by atoms with Crippen molar-refractivity contribution in [1.82, 2.24) is 24.9 Å². The lowest BCUT2D eigenvalue weighted by atomic mass is 10.4. The highest BCUT2D eigenvalue weighted by atomic mass is 32.2. The second-order valence-corrected chi connectivity index (χ2v) is 6.37. The van der Waals surface area contributed by atoms with Gasteiger partial charge in [0.1, 0.15) is 0 Å². The number of morpholine rings is 1. The van der Waals surface area contributed by atoms with Crippen LogP contribution in [0.15, 0.2) is 9.68 Å². The summed E-state index contributed by atoms with van der Waals surface area (Å²) in [4.78, 5) is 6.49. The normalized spacial score (nSPS) is 17.0. The fourth-order valence-corrected chi connectivity index (χ4v) is 3.27. The number of thioether (sulfide) groups is 1. The Labute approximate surface area is 133 Å². The highest BCUT2D eigenvalue weighted by molar-refractivity contribution is 7.99. The first-order valence-electron chi connectivity index (χ1n) is 7.41. The third-order valence-corrected chi connectivity index (χ3v) is 4.55. The summed E-state index contributed by atoms with van der Waals surface area (Å²) < 4.78 is 12.7. The molecule has 1 fully saturated rings. The third-order valence-electron chi connectivity index (χ3n) is 3.48. The van der Waals surface area contributed by atoms with Crippen molar-refractivity contribution in [3.05, 3.63) is 11.7 Å². The highest BCUT2D eigenvalue weighted by Gasteiger charge is 2.23. The molecule has 3 heterocycles. The van der Waals surface area contributed by atoms with Crippen LogP contribution in [0.5, 0.6) is 0 Å². The maximum absolute atomic E-state index is 5.39. The average Bonchev–Trinajstić information content (AvgIpc) is 3.14. The minimum atomic E-state index is 0.0354. The summed E-state index contributed by atoms with van der Waals surface area (Å²) in [5.74, 6) is 2.16. The van der Waals surface area contributed by atoms with Crippen LogP contribution in [0.1, 0.15) is 30.8 Å². The second kappa shape index (κ2) is 6.66. The van der Waals surface area contributed by atoms with Crippen molar-refractivity contribution >= 4 is 17.7 Å². The van der Waals surface area contributed by atoms with Crippen LogP contribution in [0.3, 0.4) is 0 Å². The van der Waals surface area contributed by atoms with Crippen LogP contribution in [0.4, 0.5) is 5.95 Å². The molecular formula is C13H20N6O2S. The number of nitrogens with zero attached hydrogens (tertiary/aromatic N) is 6. The molecule has 120 valence electrons. The quantitative estimate of drug-likeness (QED) is 0.768. The number of ether oxygens (including phenoxy) is 1. The van der Waals surface area contributed by atoms with Crippen molar-refractivity contribution in [2.24, 2.45) is 0 Å². The summed E-state index contributed by atoms with van der Waals surface area (Å²) in [5.41, 5.74) is 0. The molecule has 1 unspecified atom stereocenters. The van der Waals surface area contributed by atoms with E-state index in [9.17, 15) is 0 Å². The van der Waals surface area contributed by atoms with Crippen LogP contribution >= 0.6 is 11.8 Å². The lowest BCUT2D eigenvalue weighted by Gasteiger charge is -2.27. The number of hydrogen-bond acceptors (Lipinski definition) is 8. The monoisotopic (exact) mass is 324 g/mol. The number of aromatic nitrogens is 5. The van der Waals surface area contributed by atoms with Crippen LogP contribution in [-0.2, 0) is 11.3 Å². The molecule has 0 aliphatic carbocycles. The zero-order valence-corrected chi connectivity index (χ0v) is 13.8. The van der Waals surface area contributed by atoms with E-state index in [4.69, 9.17) is 9.26 Å². The van der Waals surface area contributed by atoms with Gasteiger partial charge in [-0.25, -0.2) is 0 Å². The second-order valence-electron chi connectivity index (χ2n) is 5.07. The molecule has 1 aliphatic heterocycles. The summed E-state index contributed by atoms with van der Waals surface area (Å²) in [6.45, 7) is 9.92. The van der Waals surface area contributed by atoms with Crippen LogP contribution < -0.4 is 4.90 Å². The van der Waals surface area contributed by atoms with Gasteiger partial charge in [0.2, 0.25) is 11.8 Å². The molecule has 0 aromatic carbocycles. The van der Waals surface area contributed by atoms with Crippen LogP contribution in [0.2, 0.25) is 0 Å². The molecule has 3 rings (SSSR count). The van der Waals surface area contributed by atoms with Gasteiger partial charge in [-0.2, -0.15) is 4.98 Å². The Morgan fingerprint density at radius 2 is 2.05 bits per heavy atom. The Kier molecular flexibility index (Phi) is 4.63. The summed E-state index contributed by atoms with van der Waals surface area (Å²) in [6.07, 6.45) is 0. The molecule has 1 saturated heterocycles.